The Hall–Kier alpha value is -3.02. The van der Waals surface area contributed by atoms with Crippen LogP contribution in [0.15, 0.2) is 58.4 Å². The zero-order chi connectivity index (χ0) is 20.4. The molecule has 2 heterocycles. The van der Waals surface area contributed by atoms with Crippen LogP contribution >= 0.6 is 0 Å². The van der Waals surface area contributed by atoms with Crippen LogP contribution in [-0.4, -0.2) is 22.9 Å². The molecule has 1 aromatic heterocycles. The molecule has 28 heavy (non-hydrogen) atoms. The minimum atomic E-state index is -0.800. The van der Waals surface area contributed by atoms with Crippen LogP contribution in [0, 0.1) is 5.92 Å². The lowest BCUT2D eigenvalue weighted by Crippen LogP contribution is -2.30. The standard InChI is InChI=1S/C22H25NO5/c1-13(2)12-17(24)19-20(18-6-5-11-27-18)23(22(26)21(19)25)15-7-9-16(10-8-15)28-14(3)4/h5-11,13-14,20,25H,12H2,1-4H3. The zero-order valence-corrected chi connectivity index (χ0v) is 16.5. The van der Waals surface area contributed by atoms with Crippen LogP contribution in [0.25, 0.3) is 0 Å². The molecule has 2 aromatic rings. The molecule has 1 aliphatic heterocycles. The highest BCUT2D eigenvalue weighted by Gasteiger charge is 2.45. The van der Waals surface area contributed by atoms with Gasteiger partial charge in [0.05, 0.1) is 17.9 Å². The second-order valence-corrected chi connectivity index (χ2v) is 7.54. The van der Waals surface area contributed by atoms with Crippen molar-refractivity contribution >= 4 is 17.4 Å². The molecule has 1 N–H and O–H groups in total. The number of Topliss-reactive ketones (excluding diaryl/α,β-unsaturated/α-hetero) is 1. The van der Waals surface area contributed by atoms with Crippen molar-refractivity contribution in [2.75, 3.05) is 4.90 Å². The quantitative estimate of drug-likeness (QED) is 0.757. The molecule has 1 aliphatic rings. The van der Waals surface area contributed by atoms with E-state index in [0.717, 1.165) is 0 Å². The molecule has 0 fully saturated rings. The molecule has 1 aromatic carbocycles. The summed E-state index contributed by atoms with van der Waals surface area (Å²) in [5, 5.41) is 10.5. The first-order valence-corrected chi connectivity index (χ1v) is 9.39. The summed E-state index contributed by atoms with van der Waals surface area (Å²) in [5.41, 5.74) is 0.623. The third kappa shape index (κ3) is 3.81. The highest BCUT2D eigenvalue weighted by molar-refractivity contribution is 6.16. The van der Waals surface area contributed by atoms with Crippen LogP contribution < -0.4 is 9.64 Å². The van der Waals surface area contributed by atoms with E-state index < -0.39 is 17.7 Å². The van der Waals surface area contributed by atoms with Gasteiger partial charge in [0.25, 0.3) is 5.91 Å². The van der Waals surface area contributed by atoms with Gasteiger partial charge < -0.3 is 14.3 Å². The Bertz CT molecular complexity index is 878. The molecule has 0 aliphatic carbocycles. The maximum absolute atomic E-state index is 12.9. The number of amides is 1. The topological polar surface area (TPSA) is 80.0 Å². The van der Waals surface area contributed by atoms with Crippen molar-refractivity contribution in [1.82, 2.24) is 0 Å². The van der Waals surface area contributed by atoms with Crippen LogP contribution in [0.1, 0.15) is 45.9 Å². The molecule has 1 atom stereocenters. The predicted octanol–water partition coefficient (Wildman–Crippen LogP) is 4.58. The lowest BCUT2D eigenvalue weighted by atomic mass is 9.95. The van der Waals surface area contributed by atoms with Gasteiger partial charge in [0.2, 0.25) is 0 Å². The fourth-order valence-electron chi connectivity index (χ4n) is 3.31. The predicted molar refractivity (Wildman–Crippen MR) is 105 cm³/mol. The van der Waals surface area contributed by atoms with E-state index in [1.807, 2.05) is 27.7 Å². The second-order valence-electron chi connectivity index (χ2n) is 7.54. The van der Waals surface area contributed by atoms with Gasteiger partial charge in [-0.2, -0.15) is 0 Å². The van der Waals surface area contributed by atoms with Crippen molar-refractivity contribution in [1.29, 1.82) is 0 Å². The molecule has 3 rings (SSSR count). The highest BCUT2D eigenvalue weighted by atomic mass is 16.5. The summed E-state index contributed by atoms with van der Waals surface area (Å²) in [6, 6.07) is 9.56. The van der Waals surface area contributed by atoms with Gasteiger partial charge >= 0.3 is 0 Å². The molecule has 0 saturated heterocycles. The number of hydrogen-bond donors (Lipinski definition) is 1. The largest absolute Gasteiger partial charge is 0.503 e. The van der Waals surface area contributed by atoms with Gasteiger partial charge in [-0.15, -0.1) is 0 Å². The molecule has 1 unspecified atom stereocenters. The summed E-state index contributed by atoms with van der Waals surface area (Å²) in [4.78, 5) is 27.1. The first-order chi connectivity index (χ1) is 13.3. The van der Waals surface area contributed by atoms with Crippen LogP contribution in [-0.2, 0) is 9.59 Å². The smallest absolute Gasteiger partial charge is 0.294 e. The van der Waals surface area contributed by atoms with Crippen molar-refractivity contribution in [2.24, 2.45) is 5.92 Å². The number of ketones is 1. The molecule has 6 heteroatoms. The second kappa shape index (κ2) is 7.92. The Morgan fingerprint density at radius 2 is 1.86 bits per heavy atom. The van der Waals surface area contributed by atoms with E-state index in [1.54, 1.807) is 36.4 Å². The number of anilines is 1. The maximum Gasteiger partial charge on any atom is 0.294 e. The number of furan rings is 1. The normalized spacial score (nSPS) is 17.1. The number of carbonyl (C=O) groups is 2. The van der Waals surface area contributed by atoms with Crippen molar-refractivity contribution in [3.63, 3.8) is 0 Å². The number of aliphatic hydroxyl groups excluding tert-OH is 1. The fourth-order valence-corrected chi connectivity index (χ4v) is 3.31. The number of carbonyl (C=O) groups excluding carboxylic acids is 2. The van der Waals surface area contributed by atoms with Gasteiger partial charge in [-0.1, -0.05) is 13.8 Å². The zero-order valence-electron chi connectivity index (χ0n) is 16.5. The first kappa shape index (κ1) is 19.7. The first-order valence-electron chi connectivity index (χ1n) is 9.39. The molecular weight excluding hydrogens is 358 g/mol. The summed E-state index contributed by atoms with van der Waals surface area (Å²) in [5.74, 6) is -0.202. The van der Waals surface area contributed by atoms with Crippen molar-refractivity contribution in [2.45, 2.75) is 46.3 Å². The van der Waals surface area contributed by atoms with Crippen LogP contribution in [0.5, 0.6) is 5.75 Å². The van der Waals surface area contributed by atoms with E-state index in [9.17, 15) is 14.7 Å². The number of rotatable bonds is 7. The van der Waals surface area contributed by atoms with Gasteiger partial charge in [-0.05, 0) is 56.2 Å². The molecule has 148 valence electrons. The molecular formula is C22H25NO5. The average Bonchev–Trinajstić information content (AvgIpc) is 3.22. The minimum Gasteiger partial charge on any atom is -0.503 e. The van der Waals surface area contributed by atoms with E-state index in [1.165, 1.54) is 11.2 Å². The molecule has 0 bridgehead atoms. The highest BCUT2D eigenvalue weighted by Crippen LogP contribution is 2.42. The third-order valence-electron chi connectivity index (χ3n) is 4.40. The number of aliphatic hydroxyl groups is 1. The third-order valence-corrected chi connectivity index (χ3v) is 4.40. The number of ether oxygens (including phenoxy) is 1. The monoisotopic (exact) mass is 383 g/mol. The summed E-state index contributed by atoms with van der Waals surface area (Å²) in [6.45, 7) is 7.69. The summed E-state index contributed by atoms with van der Waals surface area (Å²) >= 11 is 0. The van der Waals surface area contributed by atoms with Crippen molar-refractivity contribution in [3.05, 3.63) is 59.8 Å². The molecule has 0 radical (unpaired) electrons. The molecule has 6 nitrogen and oxygen atoms in total. The van der Waals surface area contributed by atoms with Gasteiger partial charge in [-0.25, -0.2) is 0 Å². The maximum atomic E-state index is 12.9. The van der Waals surface area contributed by atoms with Gasteiger partial charge in [-0.3, -0.25) is 14.5 Å². The summed E-state index contributed by atoms with van der Waals surface area (Å²) < 4.78 is 11.2. The number of benzene rings is 1. The van der Waals surface area contributed by atoms with E-state index in [4.69, 9.17) is 9.15 Å². The van der Waals surface area contributed by atoms with Gasteiger partial charge in [0.1, 0.15) is 17.6 Å². The number of nitrogens with zero attached hydrogens (tertiary/aromatic N) is 1. The Morgan fingerprint density at radius 1 is 1.18 bits per heavy atom. The van der Waals surface area contributed by atoms with Crippen LogP contribution in [0.2, 0.25) is 0 Å². The van der Waals surface area contributed by atoms with Crippen LogP contribution in [0.4, 0.5) is 5.69 Å². The van der Waals surface area contributed by atoms with Crippen molar-refractivity contribution in [3.8, 4) is 5.75 Å². The van der Waals surface area contributed by atoms with E-state index >= 15 is 0 Å². The van der Waals surface area contributed by atoms with Crippen LogP contribution in [0.3, 0.4) is 0 Å². The molecule has 0 spiro atoms. The minimum absolute atomic E-state index is 0.0288. The average molecular weight is 383 g/mol. The Morgan fingerprint density at radius 3 is 2.39 bits per heavy atom. The van der Waals surface area contributed by atoms with E-state index in [0.29, 0.717) is 17.2 Å². The van der Waals surface area contributed by atoms with E-state index in [-0.39, 0.29) is 29.8 Å². The Kier molecular flexibility index (Phi) is 5.58. The molecule has 1 amide bonds. The van der Waals surface area contributed by atoms with Crippen molar-refractivity contribution < 1.29 is 23.8 Å². The Balaban J connectivity index is 2.01. The lowest BCUT2D eigenvalue weighted by Gasteiger charge is -2.25. The fraction of sp³-hybridized carbons (Fsp3) is 0.364. The molecule has 0 saturated carbocycles. The van der Waals surface area contributed by atoms with Gasteiger partial charge in [0, 0.05) is 12.1 Å². The SMILES string of the molecule is CC(C)CC(=O)C1=C(O)C(=O)N(c2ccc(OC(C)C)cc2)C1c1ccco1. The Labute approximate surface area is 164 Å². The summed E-state index contributed by atoms with van der Waals surface area (Å²) in [7, 11) is 0. The lowest BCUT2D eigenvalue weighted by molar-refractivity contribution is -0.118. The summed E-state index contributed by atoms with van der Waals surface area (Å²) in [6.07, 6.45) is 1.75. The van der Waals surface area contributed by atoms with E-state index in [2.05, 4.69) is 0 Å². The number of hydrogen-bond acceptors (Lipinski definition) is 5. The van der Waals surface area contributed by atoms with Gasteiger partial charge in [0.15, 0.2) is 11.5 Å².